The third-order valence-electron chi connectivity index (χ3n) is 2.92. The van der Waals surface area contributed by atoms with E-state index >= 15 is 0 Å². The SMILES string of the molecule is NNC(Cc1c(F)cccc1F)c1cccc(Cl)c1. The molecule has 0 aromatic heterocycles. The molecule has 0 saturated heterocycles. The van der Waals surface area contributed by atoms with Gasteiger partial charge in [0.2, 0.25) is 0 Å². The van der Waals surface area contributed by atoms with Crippen LogP contribution in [0.4, 0.5) is 8.78 Å². The Labute approximate surface area is 115 Å². The lowest BCUT2D eigenvalue weighted by Crippen LogP contribution is -2.30. The van der Waals surface area contributed by atoms with Crippen LogP contribution in [0.3, 0.4) is 0 Å². The van der Waals surface area contributed by atoms with Gasteiger partial charge in [0.1, 0.15) is 11.6 Å². The van der Waals surface area contributed by atoms with Crippen molar-refractivity contribution >= 4 is 11.6 Å². The molecule has 1 unspecified atom stereocenters. The second-order valence-corrected chi connectivity index (χ2v) is 4.62. The molecule has 2 rings (SSSR count). The maximum atomic E-state index is 13.6. The van der Waals surface area contributed by atoms with Gasteiger partial charge in [-0.05, 0) is 36.2 Å². The average molecular weight is 283 g/mol. The molecule has 0 aliphatic rings. The van der Waals surface area contributed by atoms with Crippen molar-refractivity contribution in [3.05, 3.63) is 70.2 Å². The molecule has 5 heteroatoms. The van der Waals surface area contributed by atoms with Gasteiger partial charge in [-0.2, -0.15) is 0 Å². The molecule has 0 fully saturated rings. The van der Waals surface area contributed by atoms with E-state index in [1.165, 1.54) is 18.2 Å². The summed E-state index contributed by atoms with van der Waals surface area (Å²) < 4.78 is 27.2. The number of hydrogen-bond acceptors (Lipinski definition) is 2. The Bertz CT molecular complexity index is 555. The van der Waals surface area contributed by atoms with Gasteiger partial charge < -0.3 is 0 Å². The van der Waals surface area contributed by atoms with E-state index in [4.69, 9.17) is 17.4 Å². The van der Waals surface area contributed by atoms with E-state index in [2.05, 4.69) is 5.43 Å². The van der Waals surface area contributed by atoms with Crippen LogP contribution in [0.2, 0.25) is 5.02 Å². The second-order valence-electron chi connectivity index (χ2n) is 4.18. The van der Waals surface area contributed by atoms with Gasteiger partial charge in [-0.15, -0.1) is 0 Å². The lowest BCUT2D eigenvalue weighted by atomic mass is 9.99. The number of nitrogens with two attached hydrogens (primary N) is 1. The van der Waals surface area contributed by atoms with Gasteiger partial charge in [0.05, 0.1) is 6.04 Å². The Balaban J connectivity index is 2.29. The first-order valence-corrected chi connectivity index (χ1v) is 6.14. The molecule has 19 heavy (non-hydrogen) atoms. The van der Waals surface area contributed by atoms with Crippen LogP contribution in [0.15, 0.2) is 42.5 Å². The lowest BCUT2D eigenvalue weighted by molar-refractivity contribution is 0.500. The van der Waals surface area contributed by atoms with Crippen molar-refractivity contribution in [2.45, 2.75) is 12.5 Å². The first-order chi connectivity index (χ1) is 9.11. The number of rotatable bonds is 4. The Kier molecular flexibility index (Phi) is 4.47. The third-order valence-corrected chi connectivity index (χ3v) is 3.16. The molecule has 0 amide bonds. The molecule has 0 saturated carbocycles. The van der Waals surface area contributed by atoms with Crippen LogP contribution in [0.25, 0.3) is 0 Å². The maximum absolute atomic E-state index is 13.6. The zero-order chi connectivity index (χ0) is 13.8. The van der Waals surface area contributed by atoms with Gasteiger partial charge >= 0.3 is 0 Å². The molecule has 0 aliphatic carbocycles. The number of benzene rings is 2. The third kappa shape index (κ3) is 3.29. The minimum absolute atomic E-state index is 0.00502. The number of nitrogens with one attached hydrogen (secondary N) is 1. The molecule has 1 atom stereocenters. The molecule has 2 aromatic carbocycles. The Morgan fingerprint density at radius 3 is 2.32 bits per heavy atom. The van der Waals surface area contributed by atoms with E-state index in [1.807, 2.05) is 0 Å². The molecule has 0 radical (unpaired) electrons. The van der Waals surface area contributed by atoms with Crippen LogP contribution in [-0.4, -0.2) is 0 Å². The molecule has 0 bridgehead atoms. The molecule has 3 N–H and O–H groups in total. The highest BCUT2D eigenvalue weighted by atomic mass is 35.5. The molecule has 100 valence electrons. The van der Waals surface area contributed by atoms with Gasteiger partial charge in [-0.25, -0.2) is 8.78 Å². The second kappa shape index (κ2) is 6.10. The highest BCUT2D eigenvalue weighted by Gasteiger charge is 2.16. The fraction of sp³-hybridized carbons (Fsp3) is 0.143. The molecular weight excluding hydrogens is 270 g/mol. The Morgan fingerprint density at radius 1 is 1.11 bits per heavy atom. The first kappa shape index (κ1) is 13.9. The summed E-state index contributed by atoms with van der Waals surface area (Å²) in [7, 11) is 0. The molecule has 0 heterocycles. The summed E-state index contributed by atoms with van der Waals surface area (Å²) in [6, 6.07) is 10.4. The summed E-state index contributed by atoms with van der Waals surface area (Å²) in [4.78, 5) is 0. The molecule has 2 aromatic rings. The quantitative estimate of drug-likeness (QED) is 0.666. The summed E-state index contributed by atoms with van der Waals surface area (Å²) in [5.74, 6) is 4.30. The standard InChI is InChI=1S/C14H13ClF2N2/c15-10-4-1-3-9(7-10)14(19-18)8-11-12(16)5-2-6-13(11)17/h1-7,14,19H,8,18H2. The van der Waals surface area contributed by atoms with Crippen molar-refractivity contribution in [3.63, 3.8) is 0 Å². The zero-order valence-corrected chi connectivity index (χ0v) is 10.8. The predicted octanol–water partition coefficient (Wildman–Crippen LogP) is 3.37. The van der Waals surface area contributed by atoms with Gasteiger partial charge in [0.25, 0.3) is 0 Å². The summed E-state index contributed by atoms with van der Waals surface area (Å²) in [6.45, 7) is 0. The van der Waals surface area contributed by atoms with Crippen LogP contribution in [0.5, 0.6) is 0 Å². The number of hydrazine groups is 1. The van der Waals surface area contributed by atoms with Gasteiger partial charge in [0, 0.05) is 10.6 Å². The number of halogens is 3. The van der Waals surface area contributed by atoms with Crippen molar-refractivity contribution in [2.75, 3.05) is 0 Å². The van der Waals surface area contributed by atoms with Crippen LogP contribution >= 0.6 is 11.6 Å². The van der Waals surface area contributed by atoms with Gasteiger partial charge in [-0.1, -0.05) is 29.8 Å². The fourth-order valence-electron chi connectivity index (χ4n) is 1.93. The largest absolute Gasteiger partial charge is 0.271 e. The van der Waals surface area contributed by atoms with Crippen molar-refractivity contribution < 1.29 is 8.78 Å². The highest BCUT2D eigenvalue weighted by Crippen LogP contribution is 2.23. The average Bonchev–Trinajstić information content (AvgIpc) is 2.38. The monoisotopic (exact) mass is 282 g/mol. The van der Waals surface area contributed by atoms with E-state index in [0.717, 1.165) is 5.56 Å². The van der Waals surface area contributed by atoms with E-state index in [-0.39, 0.29) is 12.0 Å². The van der Waals surface area contributed by atoms with E-state index in [0.29, 0.717) is 5.02 Å². The Hall–Kier alpha value is -1.49. The van der Waals surface area contributed by atoms with Crippen LogP contribution in [-0.2, 0) is 6.42 Å². The van der Waals surface area contributed by atoms with Gasteiger partial charge in [0.15, 0.2) is 0 Å². The van der Waals surface area contributed by atoms with E-state index < -0.39 is 17.7 Å². The summed E-state index contributed by atoms with van der Waals surface area (Å²) in [5, 5.41) is 0.548. The lowest BCUT2D eigenvalue weighted by Gasteiger charge is -2.17. The van der Waals surface area contributed by atoms with Crippen LogP contribution in [0.1, 0.15) is 17.2 Å². The smallest absolute Gasteiger partial charge is 0.129 e. The number of hydrogen-bond donors (Lipinski definition) is 2. The highest BCUT2D eigenvalue weighted by molar-refractivity contribution is 6.30. The van der Waals surface area contributed by atoms with E-state index in [9.17, 15) is 8.78 Å². The van der Waals surface area contributed by atoms with Crippen molar-refractivity contribution in [2.24, 2.45) is 5.84 Å². The summed E-state index contributed by atoms with van der Waals surface area (Å²) >= 11 is 5.89. The van der Waals surface area contributed by atoms with Crippen molar-refractivity contribution in [1.82, 2.24) is 5.43 Å². The zero-order valence-electron chi connectivity index (χ0n) is 10.0. The first-order valence-electron chi connectivity index (χ1n) is 5.76. The van der Waals surface area contributed by atoms with Crippen LogP contribution in [0, 0.1) is 11.6 Å². The molecular formula is C14H13ClF2N2. The van der Waals surface area contributed by atoms with Crippen molar-refractivity contribution in [3.8, 4) is 0 Å². The normalized spacial score (nSPS) is 12.4. The predicted molar refractivity (Wildman–Crippen MR) is 71.6 cm³/mol. The van der Waals surface area contributed by atoms with E-state index in [1.54, 1.807) is 24.3 Å². The minimum atomic E-state index is -0.581. The molecule has 0 aliphatic heterocycles. The van der Waals surface area contributed by atoms with Crippen molar-refractivity contribution in [1.29, 1.82) is 0 Å². The summed E-state index contributed by atoms with van der Waals surface area (Å²) in [5.41, 5.74) is 3.34. The Morgan fingerprint density at radius 2 is 1.74 bits per heavy atom. The summed E-state index contributed by atoms with van der Waals surface area (Å²) in [6.07, 6.45) is 0.106. The van der Waals surface area contributed by atoms with Crippen LogP contribution < -0.4 is 11.3 Å². The molecule has 2 nitrogen and oxygen atoms in total. The van der Waals surface area contributed by atoms with Gasteiger partial charge in [-0.3, -0.25) is 11.3 Å². The maximum Gasteiger partial charge on any atom is 0.129 e. The minimum Gasteiger partial charge on any atom is -0.271 e. The topological polar surface area (TPSA) is 38.0 Å². The molecule has 0 spiro atoms. The fourth-order valence-corrected chi connectivity index (χ4v) is 2.13.